The fraction of sp³-hybridized carbons (Fsp3) is 0.400. The van der Waals surface area contributed by atoms with Gasteiger partial charge in [0.05, 0.1) is 15.0 Å². The largest absolute Gasteiger partial charge is 0.295 e. The molecule has 0 radical (unpaired) electrons. The third-order valence-electron chi connectivity index (χ3n) is 3.08. The van der Waals surface area contributed by atoms with E-state index in [0.717, 1.165) is 11.5 Å². The zero-order valence-electron chi connectivity index (χ0n) is 8.13. The Morgan fingerprint density at radius 2 is 2.12 bits per heavy atom. The van der Waals surface area contributed by atoms with Gasteiger partial charge in [-0.1, -0.05) is 11.6 Å². The van der Waals surface area contributed by atoms with Gasteiger partial charge in [-0.15, -0.1) is 0 Å². The summed E-state index contributed by atoms with van der Waals surface area (Å²) in [5.74, 6) is 1.62. The average Bonchev–Trinajstić information content (AvgIpc) is 2.48. The van der Waals surface area contributed by atoms with Crippen molar-refractivity contribution in [3.05, 3.63) is 31.6 Å². The maximum absolute atomic E-state index is 12.1. The van der Waals surface area contributed by atoms with Crippen LogP contribution >= 0.6 is 39.3 Å². The molecule has 2 aliphatic rings. The Hall–Kier alpha value is -0.260. The molecule has 2 aliphatic heterocycles. The van der Waals surface area contributed by atoms with Gasteiger partial charge in [-0.25, -0.2) is 0 Å². The number of ketones is 1. The number of fused-ring (bicyclic) bond motifs is 2. The zero-order chi connectivity index (χ0) is 11.5. The first kappa shape index (κ1) is 10.9. The van der Waals surface area contributed by atoms with Gasteiger partial charge in [0.1, 0.15) is 5.69 Å². The van der Waals surface area contributed by atoms with Gasteiger partial charge in [0.15, 0.2) is 5.78 Å². The molecule has 0 atom stereocenters. The molecule has 1 spiro atoms. The minimum absolute atomic E-state index is 0.0186. The summed E-state index contributed by atoms with van der Waals surface area (Å²) >= 11 is 11.0. The van der Waals surface area contributed by atoms with Crippen LogP contribution in [0.3, 0.4) is 0 Å². The molecule has 1 aromatic rings. The average molecular weight is 321 g/mol. The van der Waals surface area contributed by atoms with Gasteiger partial charge in [0.25, 0.3) is 5.56 Å². The third kappa shape index (κ3) is 1.22. The van der Waals surface area contributed by atoms with Crippen LogP contribution < -0.4 is 5.56 Å². The second-order valence-corrected chi connectivity index (χ2v) is 6.39. The molecule has 0 N–H and O–H groups in total. The van der Waals surface area contributed by atoms with Crippen LogP contribution in [0.25, 0.3) is 0 Å². The summed E-state index contributed by atoms with van der Waals surface area (Å²) in [7, 11) is 0. The maximum Gasteiger partial charge on any atom is 0.266 e. The van der Waals surface area contributed by atoms with E-state index in [-0.39, 0.29) is 16.9 Å². The molecular formula is C10H7BrClNO2S. The first-order valence-corrected chi connectivity index (χ1v) is 7.10. The lowest BCUT2D eigenvalue weighted by atomic mass is 10.0. The van der Waals surface area contributed by atoms with Crippen molar-refractivity contribution in [3.63, 3.8) is 0 Å². The SMILES string of the molecule is O=C1CC2(CSC2)n2c1c(Cl)cc(Br)c2=O. The van der Waals surface area contributed by atoms with Crippen LogP contribution in [-0.2, 0) is 5.54 Å². The highest BCUT2D eigenvalue weighted by atomic mass is 79.9. The van der Waals surface area contributed by atoms with Gasteiger partial charge in [-0.2, -0.15) is 11.8 Å². The van der Waals surface area contributed by atoms with Gasteiger partial charge in [-0.3, -0.25) is 14.2 Å². The summed E-state index contributed by atoms with van der Waals surface area (Å²) in [6.07, 6.45) is 0.408. The molecule has 1 saturated heterocycles. The predicted octanol–water partition coefficient (Wildman–Crippen LogP) is 2.29. The number of hydrogen-bond acceptors (Lipinski definition) is 3. The molecule has 0 bridgehead atoms. The van der Waals surface area contributed by atoms with Crippen LogP contribution in [0.15, 0.2) is 15.3 Å². The molecule has 16 heavy (non-hydrogen) atoms. The lowest BCUT2D eigenvalue weighted by molar-refractivity contribution is 0.0978. The molecule has 0 aromatic carbocycles. The van der Waals surface area contributed by atoms with Crippen molar-refractivity contribution in [1.82, 2.24) is 4.57 Å². The van der Waals surface area contributed by atoms with E-state index in [9.17, 15) is 9.59 Å². The third-order valence-corrected chi connectivity index (χ3v) is 5.42. The lowest BCUT2D eigenvalue weighted by Gasteiger charge is -2.38. The number of thioether (sulfide) groups is 1. The van der Waals surface area contributed by atoms with E-state index in [2.05, 4.69) is 15.9 Å². The van der Waals surface area contributed by atoms with Gasteiger partial charge < -0.3 is 0 Å². The highest BCUT2D eigenvalue weighted by Gasteiger charge is 2.49. The number of carbonyl (C=O) groups excluding carboxylic acids is 1. The molecule has 3 nitrogen and oxygen atoms in total. The molecule has 84 valence electrons. The second kappa shape index (κ2) is 3.37. The molecule has 1 fully saturated rings. The van der Waals surface area contributed by atoms with Crippen molar-refractivity contribution in [3.8, 4) is 0 Å². The highest BCUT2D eigenvalue weighted by Crippen LogP contribution is 2.45. The van der Waals surface area contributed by atoms with Crippen molar-refractivity contribution < 1.29 is 4.79 Å². The summed E-state index contributed by atoms with van der Waals surface area (Å²) in [6, 6.07) is 1.51. The summed E-state index contributed by atoms with van der Waals surface area (Å²) in [5.41, 5.74) is -0.0672. The minimum atomic E-state index is -0.304. The Morgan fingerprint density at radius 3 is 2.69 bits per heavy atom. The summed E-state index contributed by atoms with van der Waals surface area (Å²) < 4.78 is 2.02. The Labute approximate surface area is 109 Å². The first-order chi connectivity index (χ1) is 7.55. The van der Waals surface area contributed by atoms with Crippen molar-refractivity contribution in [1.29, 1.82) is 0 Å². The van der Waals surface area contributed by atoms with Crippen LogP contribution in [-0.4, -0.2) is 21.9 Å². The van der Waals surface area contributed by atoms with E-state index in [4.69, 9.17) is 11.6 Å². The first-order valence-electron chi connectivity index (χ1n) is 4.78. The van der Waals surface area contributed by atoms with Crippen molar-refractivity contribution in [2.45, 2.75) is 12.0 Å². The van der Waals surface area contributed by atoms with E-state index >= 15 is 0 Å². The lowest BCUT2D eigenvalue weighted by Crippen LogP contribution is -2.48. The molecule has 0 aliphatic carbocycles. The Morgan fingerprint density at radius 1 is 1.44 bits per heavy atom. The van der Waals surface area contributed by atoms with E-state index in [1.54, 1.807) is 16.3 Å². The molecule has 1 aromatic heterocycles. The molecule has 6 heteroatoms. The van der Waals surface area contributed by atoms with Crippen molar-refractivity contribution in [2.75, 3.05) is 11.5 Å². The zero-order valence-corrected chi connectivity index (χ0v) is 11.3. The quantitative estimate of drug-likeness (QED) is 0.736. The van der Waals surface area contributed by atoms with Gasteiger partial charge >= 0.3 is 0 Å². The number of nitrogens with zero attached hydrogens (tertiary/aromatic N) is 1. The Balaban J connectivity index is 2.38. The number of Topliss-reactive ketones (excluding diaryl/α,β-unsaturated/α-hetero) is 1. The standard InChI is InChI=1S/C10H7BrClNO2S/c11-5-1-6(12)8-7(14)2-10(3-16-4-10)13(8)9(5)15/h1H,2-4H2. The normalized spacial score (nSPS) is 21.0. The van der Waals surface area contributed by atoms with Crippen LogP contribution in [0.2, 0.25) is 5.02 Å². The topological polar surface area (TPSA) is 39.1 Å². The number of rotatable bonds is 0. The molecule has 0 saturated carbocycles. The summed E-state index contributed by atoms with van der Waals surface area (Å²) in [4.78, 5) is 24.0. The number of hydrogen-bond donors (Lipinski definition) is 0. The van der Waals surface area contributed by atoms with Crippen LogP contribution in [0.5, 0.6) is 0 Å². The number of halogens is 2. The summed E-state index contributed by atoms with van der Waals surface area (Å²) in [6.45, 7) is 0. The van der Waals surface area contributed by atoms with E-state index in [1.165, 1.54) is 6.07 Å². The molecule has 3 heterocycles. The maximum atomic E-state index is 12.1. The Bertz CT molecular complexity index is 565. The van der Waals surface area contributed by atoms with Crippen LogP contribution in [0, 0.1) is 0 Å². The molecule has 3 rings (SSSR count). The van der Waals surface area contributed by atoms with Crippen molar-refractivity contribution >= 4 is 45.1 Å². The summed E-state index contributed by atoms with van der Waals surface area (Å²) in [5, 5.41) is 0.366. The Kier molecular flexibility index (Phi) is 2.29. The fourth-order valence-corrected chi connectivity index (χ4v) is 4.27. The fourth-order valence-electron chi connectivity index (χ4n) is 2.30. The predicted molar refractivity (Wildman–Crippen MR) is 67.7 cm³/mol. The molecular weight excluding hydrogens is 314 g/mol. The number of aromatic nitrogens is 1. The van der Waals surface area contributed by atoms with Crippen molar-refractivity contribution in [2.24, 2.45) is 0 Å². The van der Waals surface area contributed by atoms with Gasteiger partial charge in [0.2, 0.25) is 0 Å². The monoisotopic (exact) mass is 319 g/mol. The van der Waals surface area contributed by atoms with E-state index in [0.29, 0.717) is 21.6 Å². The highest BCUT2D eigenvalue weighted by molar-refractivity contribution is 9.10. The number of pyridine rings is 1. The van der Waals surface area contributed by atoms with E-state index < -0.39 is 0 Å². The van der Waals surface area contributed by atoms with Gasteiger partial charge in [-0.05, 0) is 22.0 Å². The second-order valence-electron chi connectivity index (χ2n) is 4.15. The molecule has 0 amide bonds. The van der Waals surface area contributed by atoms with Crippen LogP contribution in [0.4, 0.5) is 0 Å². The van der Waals surface area contributed by atoms with Crippen LogP contribution in [0.1, 0.15) is 16.9 Å². The minimum Gasteiger partial charge on any atom is -0.295 e. The van der Waals surface area contributed by atoms with E-state index in [1.807, 2.05) is 0 Å². The molecule has 0 unspecified atom stereocenters. The van der Waals surface area contributed by atoms with Gasteiger partial charge in [0, 0.05) is 17.9 Å². The smallest absolute Gasteiger partial charge is 0.266 e. The number of carbonyl (C=O) groups is 1.